The van der Waals surface area contributed by atoms with Crippen LogP contribution in [-0.4, -0.2) is 52.2 Å². The molecule has 4 heterocycles. The maximum atomic E-state index is 13.9. The van der Waals surface area contributed by atoms with Crippen LogP contribution < -0.4 is 5.32 Å². The van der Waals surface area contributed by atoms with Crippen LogP contribution in [0.2, 0.25) is 0 Å². The molecule has 2 aromatic heterocycles. The van der Waals surface area contributed by atoms with E-state index in [4.69, 9.17) is 4.74 Å². The first-order chi connectivity index (χ1) is 15.9. The molecule has 3 aromatic rings. The van der Waals surface area contributed by atoms with E-state index in [0.29, 0.717) is 17.7 Å². The van der Waals surface area contributed by atoms with E-state index in [1.165, 1.54) is 12.4 Å². The minimum absolute atomic E-state index is 0.111. The molecule has 6 nitrogen and oxygen atoms in total. The van der Waals surface area contributed by atoms with Gasteiger partial charge >= 0.3 is 6.18 Å². The van der Waals surface area contributed by atoms with Crippen LogP contribution in [0.3, 0.4) is 0 Å². The van der Waals surface area contributed by atoms with Gasteiger partial charge in [-0.3, -0.25) is 4.90 Å². The molecule has 10 heteroatoms. The van der Waals surface area contributed by atoms with Crippen molar-refractivity contribution in [1.29, 1.82) is 0 Å². The number of nitrogens with one attached hydrogen (secondary N) is 2. The number of rotatable bonds is 3. The molecule has 1 aliphatic carbocycles. The Hall–Kier alpha value is -2.72. The zero-order chi connectivity index (χ0) is 22.7. The highest BCUT2D eigenvalue weighted by Crippen LogP contribution is 2.41. The highest BCUT2D eigenvalue weighted by Gasteiger charge is 2.43. The Morgan fingerprint density at radius 3 is 2.64 bits per heavy atom. The van der Waals surface area contributed by atoms with Gasteiger partial charge in [0, 0.05) is 31.0 Å². The van der Waals surface area contributed by atoms with Gasteiger partial charge in [0.15, 0.2) is 0 Å². The molecule has 1 aromatic carbocycles. The average Bonchev–Trinajstić information content (AvgIpc) is 3.48. The molecule has 33 heavy (non-hydrogen) atoms. The van der Waals surface area contributed by atoms with Crippen molar-refractivity contribution in [2.24, 2.45) is 11.8 Å². The van der Waals surface area contributed by atoms with Crippen LogP contribution in [-0.2, 0) is 17.3 Å². The minimum Gasteiger partial charge on any atom is -0.381 e. The van der Waals surface area contributed by atoms with Crippen molar-refractivity contribution in [3.8, 4) is 0 Å². The number of likely N-dealkylation sites (tertiary alicyclic amines) is 1. The number of anilines is 1. The summed E-state index contributed by atoms with van der Waals surface area (Å²) in [7, 11) is 0. The lowest BCUT2D eigenvalue weighted by atomic mass is 9.83. The number of H-pyrrole nitrogens is 1. The van der Waals surface area contributed by atoms with Crippen LogP contribution in [0.4, 0.5) is 23.4 Å². The molecule has 0 amide bonds. The molecule has 0 bridgehead atoms. The van der Waals surface area contributed by atoms with Crippen LogP contribution in [0.15, 0.2) is 30.6 Å². The Morgan fingerprint density at radius 2 is 1.88 bits per heavy atom. The summed E-state index contributed by atoms with van der Waals surface area (Å²) in [5, 5.41) is 3.71. The first kappa shape index (κ1) is 20.9. The second kappa shape index (κ2) is 7.66. The average molecular weight is 461 g/mol. The smallest absolute Gasteiger partial charge is 0.381 e. The van der Waals surface area contributed by atoms with Gasteiger partial charge < -0.3 is 15.0 Å². The summed E-state index contributed by atoms with van der Waals surface area (Å²) < 4.78 is 59.4. The fourth-order valence-corrected chi connectivity index (χ4v) is 5.69. The van der Waals surface area contributed by atoms with E-state index < -0.39 is 11.9 Å². The lowest BCUT2D eigenvalue weighted by Gasteiger charge is -2.40. The molecular formula is C23H23F4N5O. The van der Waals surface area contributed by atoms with Crippen molar-refractivity contribution >= 4 is 16.9 Å². The van der Waals surface area contributed by atoms with E-state index in [1.54, 1.807) is 12.1 Å². The normalized spacial score (nSPS) is 27.6. The molecule has 174 valence electrons. The number of halogens is 4. The highest BCUT2D eigenvalue weighted by molar-refractivity contribution is 5.88. The molecule has 2 N–H and O–H groups in total. The van der Waals surface area contributed by atoms with Gasteiger partial charge in [-0.15, -0.1) is 0 Å². The largest absolute Gasteiger partial charge is 0.431 e. The number of ether oxygens (including phenoxy) is 1. The Morgan fingerprint density at radius 1 is 1.09 bits per heavy atom. The van der Waals surface area contributed by atoms with Crippen LogP contribution >= 0.6 is 0 Å². The molecule has 6 rings (SSSR count). The van der Waals surface area contributed by atoms with Gasteiger partial charge in [0.25, 0.3) is 0 Å². The van der Waals surface area contributed by atoms with Gasteiger partial charge in [0.05, 0.1) is 24.6 Å². The summed E-state index contributed by atoms with van der Waals surface area (Å²) in [4.78, 5) is 13.1. The van der Waals surface area contributed by atoms with E-state index in [9.17, 15) is 17.6 Å². The standard InChI is InChI=1S/C23H23F4N5O/c24-15-2-3-16-12(5-15)1-4-18(32-7-13-9-33-10-14(13)8-32)20(16)31-22-17-6-19(23(25,26)27)30-21(17)28-11-29-22/h2-3,5-6,11,13-14,18,20H,1,4,7-10H2,(H2,28,29,30,31)/t13-,14+,18-,20-/m1/s1. The van der Waals surface area contributed by atoms with E-state index >= 15 is 0 Å². The van der Waals surface area contributed by atoms with E-state index in [1.807, 2.05) is 0 Å². The van der Waals surface area contributed by atoms with E-state index in [0.717, 1.165) is 56.3 Å². The molecule has 2 saturated heterocycles. The van der Waals surface area contributed by atoms with Crippen molar-refractivity contribution in [2.45, 2.75) is 31.1 Å². The number of nitrogens with zero attached hydrogens (tertiary/aromatic N) is 3. The van der Waals surface area contributed by atoms with Crippen molar-refractivity contribution in [1.82, 2.24) is 19.9 Å². The van der Waals surface area contributed by atoms with Crippen LogP contribution in [0.5, 0.6) is 0 Å². The number of fused-ring (bicyclic) bond motifs is 3. The van der Waals surface area contributed by atoms with Gasteiger partial charge in [-0.1, -0.05) is 6.07 Å². The summed E-state index contributed by atoms with van der Waals surface area (Å²) in [6.07, 6.45) is -1.68. The van der Waals surface area contributed by atoms with Gasteiger partial charge in [-0.25, -0.2) is 14.4 Å². The summed E-state index contributed by atoms with van der Waals surface area (Å²) >= 11 is 0. The predicted molar refractivity (Wildman–Crippen MR) is 113 cm³/mol. The summed E-state index contributed by atoms with van der Waals surface area (Å²) in [6.45, 7) is 3.38. The lowest BCUT2D eigenvalue weighted by Crippen LogP contribution is -2.44. The Balaban J connectivity index is 1.38. The number of hydrogen-bond donors (Lipinski definition) is 2. The Bertz CT molecular complexity index is 1180. The van der Waals surface area contributed by atoms with Gasteiger partial charge in [-0.05, 0) is 42.2 Å². The first-order valence-electron chi connectivity index (χ1n) is 11.1. The molecule has 0 unspecified atom stereocenters. The third-order valence-electron chi connectivity index (χ3n) is 7.30. The molecular weight excluding hydrogens is 438 g/mol. The maximum Gasteiger partial charge on any atom is 0.431 e. The quantitative estimate of drug-likeness (QED) is 0.574. The number of benzene rings is 1. The summed E-state index contributed by atoms with van der Waals surface area (Å²) in [6, 6.07) is 5.69. The van der Waals surface area contributed by atoms with E-state index in [-0.39, 0.29) is 28.9 Å². The number of aromatic amines is 1. The predicted octanol–water partition coefficient (Wildman–Crippen LogP) is 4.16. The molecule has 2 aliphatic heterocycles. The zero-order valence-corrected chi connectivity index (χ0v) is 17.7. The highest BCUT2D eigenvalue weighted by atomic mass is 19.4. The number of hydrogen-bond acceptors (Lipinski definition) is 5. The number of alkyl halides is 3. The molecule has 0 saturated carbocycles. The van der Waals surface area contributed by atoms with Crippen LogP contribution in [0.1, 0.15) is 29.3 Å². The van der Waals surface area contributed by atoms with E-state index in [2.05, 4.69) is 25.2 Å². The first-order valence-corrected chi connectivity index (χ1v) is 11.1. The van der Waals surface area contributed by atoms with Gasteiger partial charge in [-0.2, -0.15) is 13.2 Å². The molecule has 0 spiro atoms. The van der Waals surface area contributed by atoms with Gasteiger partial charge in [0.1, 0.15) is 29.3 Å². The molecule has 3 aliphatic rings. The molecule has 0 radical (unpaired) electrons. The Labute approximate surface area is 187 Å². The molecule has 4 atom stereocenters. The third kappa shape index (κ3) is 3.65. The van der Waals surface area contributed by atoms with Crippen molar-refractivity contribution in [3.05, 3.63) is 53.2 Å². The van der Waals surface area contributed by atoms with Gasteiger partial charge in [0.2, 0.25) is 0 Å². The topological polar surface area (TPSA) is 66.1 Å². The van der Waals surface area contributed by atoms with Crippen LogP contribution in [0, 0.1) is 17.7 Å². The fraction of sp³-hybridized carbons (Fsp3) is 0.478. The maximum absolute atomic E-state index is 13.9. The third-order valence-corrected chi connectivity index (χ3v) is 7.30. The van der Waals surface area contributed by atoms with Crippen LogP contribution in [0.25, 0.3) is 11.0 Å². The monoisotopic (exact) mass is 461 g/mol. The number of aromatic nitrogens is 3. The lowest BCUT2D eigenvalue weighted by molar-refractivity contribution is -0.140. The summed E-state index contributed by atoms with van der Waals surface area (Å²) in [5.41, 5.74) is 1.14. The second-order valence-electron chi connectivity index (χ2n) is 9.25. The van der Waals surface area contributed by atoms with Crippen molar-refractivity contribution in [3.63, 3.8) is 0 Å². The SMILES string of the molecule is Fc1ccc2c(c1)CC[C@@H](N1C[C@H]3COC[C@H]3C1)[C@@H]2Nc1ncnc2[nH]c(C(F)(F)F)cc12. The fourth-order valence-electron chi connectivity index (χ4n) is 5.69. The van der Waals surface area contributed by atoms with Crippen molar-refractivity contribution < 1.29 is 22.3 Å². The summed E-state index contributed by atoms with van der Waals surface area (Å²) in [5.74, 6) is 1.06. The van der Waals surface area contributed by atoms with Crippen molar-refractivity contribution in [2.75, 3.05) is 31.6 Å². The molecule has 2 fully saturated rings. The minimum atomic E-state index is -4.51. The second-order valence-corrected chi connectivity index (χ2v) is 9.25. The zero-order valence-electron chi connectivity index (χ0n) is 17.7. The Kier molecular flexibility index (Phi) is 4.84. The number of aryl methyl sites for hydroxylation is 1.